The van der Waals surface area contributed by atoms with Crippen LogP contribution in [0.15, 0.2) is 48.8 Å². The molecular weight excluding hydrogens is 410 g/mol. The van der Waals surface area contributed by atoms with Crippen LogP contribution >= 0.6 is 0 Å². The maximum absolute atomic E-state index is 12.4. The van der Waals surface area contributed by atoms with Gasteiger partial charge in [-0.25, -0.2) is 15.0 Å². The number of aromatic nitrogens is 7. The van der Waals surface area contributed by atoms with Crippen LogP contribution in [0.25, 0.3) is 22.8 Å². The number of nitrogens with zero attached hydrogens (tertiary/aromatic N) is 7. The van der Waals surface area contributed by atoms with Gasteiger partial charge >= 0.3 is 0 Å². The fourth-order valence-corrected chi connectivity index (χ4v) is 3.65. The zero-order valence-electron chi connectivity index (χ0n) is 17.5. The van der Waals surface area contributed by atoms with Crippen LogP contribution in [0.2, 0.25) is 0 Å². The lowest BCUT2D eigenvalue weighted by Crippen LogP contribution is -2.36. The average molecular weight is 431 g/mol. The molecule has 1 atom stereocenters. The van der Waals surface area contributed by atoms with E-state index in [0.29, 0.717) is 53.2 Å². The maximum Gasteiger partial charge on any atom is 0.260 e. The van der Waals surface area contributed by atoms with E-state index in [9.17, 15) is 9.90 Å². The molecule has 1 amide bonds. The normalized spacial score (nSPS) is 18.3. The van der Waals surface area contributed by atoms with Crippen molar-refractivity contribution in [3.8, 4) is 22.8 Å². The molecule has 0 unspecified atom stereocenters. The van der Waals surface area contributed by atoms with E-state index in [1.54, 1.807) is 30.1 Å². The molecule has 5 rings (SSSR count). The number of aromatic amines is 1. The second-order valence-electron chi connectivity index (χ2n) is 7.68. The van der Waals surface area contributed by atoms with Crippen molar-refractivity contribution in [2.24, 2.45) is 7.05 Å². The summed E-state index contributed by atoms with van der Waals surface area (Å²) in [6.45, 7) is 0.486. The van der Waals surface area contributed by atoms with Crippen LogP contribution in [0.3, 0.4) is 0 Å². The molecule has 0 aromatic carbocycles. The Labute approximate surface area is 183 Å². The van der Waals surface area contributed by atoms with E-state index in [1.807, 2.05) is 37.5 Å². The summed E-state index contributed by atoms with van der Waals surface area (Å²) in [5.41, 5.74) is 1.15. The first-order chi connectivity index (χ1) is 15.4. The summed E-state index contributed by atoms with van der Waals surface area (Å²) in [5.74, 6) is 0.699. The van der Waals surface area contributed by atoms with E-state index in [0.717, 1.165) is 0 Å². The SMILES string of the molecule is CN1CC[C@](O)(c2cc(-c3cccc(-c4ccnc(Nc5ccn(C)n5)n4)n3)n[nH]2)C1=O. The predicted molar refractivity (Wildman–Crippen MR) is 115 cm³/mol. The molecular formula is C21H21N9O2. The number of hydrogen-bond acceptors (Lipinski definition) is 8. The molecule has 0 saturated carbocycles. The summed E-state index contributed by atoms with van der Waals surface area (Å²) < 4.78 is 1.68. The Balaban J connectivity index is 1.42. The number of carbonyl (C=O) groups excluding carboxylic acids is 1. The molecule has 32 heavy (non-hydrogen) atoms. The first kappa shape index (κ1) is 19.8. The van der Waals surface area contributed by atoms with E-state index < -0.39 is 5.60 Å². The summed E-state index contributed by atoms with van der Waals surface area (Å²) in [5, 5.41) is 25.2. The highest BCUT2D eigenvalue weighted by molar-refractivity contribution is 5.88. The van der Waals surface area contributed by atoms with Crippen molar-refractivity contribution >= 4 is 17.7 Å². The molecule has 3 N–H and O–H groups in total. The van der Waals surface area contributed by atoms with Crippen molar-refractivity contribution in [2.45, 2.75) is 12.0 Å². The number of aryl methyl sites for hydroxylation is 1. The third-order valence-corrected chi connectivity index (χ3v) is 5.42. The Morgan fingerprint density at radius 3 is 2.59 bits per heavy atom. The Bertz CT molecular complexity index is 1300. The van der Waals surface area contributed by atoms with E-state index in [4.69, 9.17) is 0 Å². The van der Waals surface area contributed by atoms with Crippen LogP contribution in [-0.4, -0.2) is 64.4 Å². The Kier molecular flexibility index (Phi) is 4.67. The van der Waals surface area contributed by atoms with Gasteiger partial charge in [0.05, 0.1) is 22.8 Å². The Hall–Kier alpha value is -4.12. The van der Waals surface area contributed by atoms with Crippen molar-refractivity contribution in [3.05, 3.63) is 54.5 Å². The van der Waals surface area contributed by atoms with Gasteiger partial charge < -0.3 is 15.3 Å². The number of likely N-dealkylation sites (tertiary alicyclic amines) is 1. The highest BCUT2D eigenvalue weighted by Crippen LogP contribution is 2.33. The summed E-state index contributed by atoms with van der Waals surface area (Å²) in [7, 11) is 3.50. The van der Waals surface area contributed by atoms with Crippen molar-refractivity contribution < 1.29 is 9.90 Å². The van der Waals surface area contributed by atoms with Crippen LogP contribution in [0.5, 0.6) is 0 Å². The van der Waals surface area contributed by atoms with Gasteiger partial charge in [0.2, 0.25) is 5.95 Å². The van der Waals surface area contributed by atoms with Gasteiger partial charge in [-0.05, 0) is 24.3 Å². The quantitative estimate of drug-likeness (QED) is 0.432. The highest BCUT2D eigenvalue weighted by Gasteiger charge is 2.46. The highest BCUT2D eigenvalue weighted by atomic mass is 16.3. The summed E-state index contributed by atoms with van der Waals surface area (Å²) in [4.78, 5) is 27.3. The average Bonchev–Trinajstić information content (AvgIpc) is 3.52. The molecule has 11 nitrogen and oxygen atoms in total. The van der Waals surface area contributed by atoms with Crippen LogP contribution in [0.1, 0.15) is 12.1 Å². The lowest BCUT2D eigenvalue weighted by molar-refractivity contribution is -0.143. The largest absolute Gasteiger partial charge is 0.374 e. The van der Waals surface area contributed by atoms with Gasteiger partial charge in [0.1, 0.15) is 5.69 Å². The molecule has 1 aliphatic heterocycles. The maximum atomic E-state index is 12.4. The lowest BCUT2D eigenvalue weighted by atomic mass is 9.97. The zero-order chi connectivity index (χ0) is 22.3. The van der Waals surface area contributed by atoms with Gasteiger partial charge in [0.25, 0.3) is 5.91 Å². The summed E-state index contributed by atoms with van der Waals surface area (Å²) >= 11 is 0. The lowest BCUT2D eigenvalue weighted by Gasteiger charge is -2.18. The number of likely N-dealkylation sites (N-methyl/N-ethyl adjacent to an activating group) is 1. The molecule has 1 saturated heterocycles. The minimum Gasteiger partial charge on any atom is -0.374 e. The van der Waals surface area contributed by atoms with Crippen LogP contribution in [-0.2, 0) is 17.4 Å². The molecule has 0 aliphatic carbocycles. The van der Waals surface area contributed by atoms with Gasteiger partial charge in [-0.1, -0.05) is 6.07 Å². The Morgan fingerprint density at radius 2 is 1.88 bits per heavy atom. The molecule has 0 bridgehead atoms. The minimum absolute atomic E-state index is 0.310. The number of amides is 1. The second kappa shape index (κ2) is 7.54. The van der Waals surface area contributed by atoms with E-state index in [2.05, 4.69) is 35.6 Å². The number of nitrogens with one attached hydrogen (secondary N) is 2. The van der Waals surface area contributed by atoms with Gasteiger partial charge in [0, 0.05) is 45.5 Å². The molecule has 11 heteroatoms. The van der Waals surface area contributed by atoms with E-state index >= 15 is 0 Å². The molecule has 0 spiro atoms. The number of anilines is 2. The number of hydrogen-bond donors (Lipinski definition) is 3. The summed E-state index contributed by atoms with van der Waals surface area (Å²) in [6, 6.07) is 10.8. The number of H-pyrrole nitrogens is 1. The molecule has 0 radical (unpaired) electrons. The van der Waals surface area contributed by atoms with Gasteiger partial charge in [-0.3, -0.25) is 14.6 Å². The van der Waals surface area contributed by atoms with Crippen molar-refractivity contribution in [3.63, 3.8) is 0 Å². The fraction of sp³-hybridized carbons (Fsp3) is 0.238. The number of carbonyl (C=O) groups is 1. The van der Waals surface area contributed by atoms with E-state index in [1.165, 1.54) is 4.90 Å². The van der Waals surface area contributed by atoms with Crippen molar-refractivity contribution in [1.82, 2.24) is 39.8 Å². The monoisotopic (exact) mass is 431 g/mol. The fourth-order valence-electron chi connectivity index (χ4n) is 3.65. The molecule has 1 fully saturated rings. The van der Waals surface area contributed by atoms with Crippen LogP contribution < -0.4 is 5.32 Å². The van der Waals surface area contributed by atoms with Crippen LogP contribution in [0, 0.1) is 0 Å². The predicted octanol–water partition coefficient (Wildman–Crippen LogP) is 1.46. The molecule has 1 aliphatic rings. The zero-order valence-corrected chi connectivity index (χ0v) is 17.5. The summed E-state index contributed by atoms with van der Waals surface area (Å²) in [6.07, 6.45) is 3.78. The second-order valence-corrected chi connectivity index (χ2v) is 7.68. The molecule has 5 heterocycles. The van der Waals surface area contributed by atoms with Crippen molar-refractivity contribution in [1.29, 1.82) is 0 Å². The smallest absolute Gasteiger partial charge is 0.260 e. The third kappa shape index (κ3) is 3.48. The molecule has 4 aromatic heterocycles. The topological polar surface area (TPSA) is 138 Å². The first-order valence-corrected chi connectivity index (χ1v) is 10.0. The van der Waals surface area contributed by atoms with Crippen molar-refractivity contribution in [2.75, 3.05) is 18.9 Å². The van der Waals surface area contributed by atoms with Gasteiger partial charge in [-0.15, -0.1) is 0 Å². The molecule has 4 aromatic rings. The molecule has 162 valence electrons. The third-order valence-electron chi connectivity index (χ3n) is 5.42. The standard InChI is InChI=1S/C21H21N9O2/c1-29-11-8-21(32,19(29)31)17-12-16(26-27-17)14-5-3-4-13(23-14)15-6-9-22-20(24-15)25-18-7-10-30(2)28-18/h3-7,9-10,12,32H,8,11H2,1-2H3,(H,26,27)(H,22,24,25,28)/t21-/m0/s1. The van der Waals surface area contributed by atoms with Gasteiger partial charge in [-0.2, -0.15) is 10.2 Å². The van der Waals surface area contributed by atoms with Crippen LogP contribution in [0.4, 0.5) is 11.8 Å². The van der Waals surface area contributed by atoms with Gasteiger partial charge in [0.15, 0.2) is 11.4 Å². The Morgan fingerprint density at radius 1 is 1.09 bits per heavy atom. The number of aliphatic hydroxyl groups is 1. The number of pyridine rings is 1. The minimum atomic E-state index is -1.59. The van der Waals surface area contributed by atoms with E-state index in [-0.39, 0.29) is 5.91 Å². The number of rotatable bonds is 5. The first-order valence-electron chi connectivity index (χ1n) is 10.0.